The second-order valence-corrected chi connectivity index (χ2v) is 9.36. The van der Waals surface area contributed by atoms with Crippen molar-refractivity contribution in [2.45, 2.75) is 24.9 Å². The van der Waals surface area contributed by atoms with Gasteiger partial charge in [0.25, 0.3) is 0 Å². The lowest BCUT2D eigenvalue weighted by Gasteiger charge is -2.16. The highest BCUT2D eigenvalue weighted by molar-refractivity contribution is 8.62. The topological polar surface area (TPSA) is 268 Å². The number of aliphatic carboxylic acids is 2. The fraction of sp³-hybridized carbons (Fsp3) is 0.600. The van der Waals surface area contributed by atoms with Crippen molar-refractivity contribution in [2.24, 2.45) is 5.73 Å². The molecule has 28 heavy (non-hydrogen) atoms. The molecule has 164 valence electrons. The normalized spacial score (nSPS) is 13.3. The van der Waals surface area contributed by atoms with Gasteiger partial charge in [-0.3, -0.25) is 28.3 Å². The number of carboxylic acid groups (broad SMARTS) is 2. The zero-order chi connectivity index (χ0) is 22.7. The summed E-state index contributed by atoms with van der Waals surface area (Å²) < 4.78 is 52.5. The van der Waals surface area contributed by atoms with Gasteiger partial charge in [0.1, 0.15) is 18.6 Å². The highest BCUT2D eigenvalue weighted by atomic mass is 33.2. The van der Waals surface area contributed by atoms with E-state index in [1.807, 2.05) is 0 Å². The molecule has 0 aromatic rings. The first-order chi connectivity index (χ1) is 12.5. The second kappa shape index (κ2) is 12.5. The molecule has 0 aliphatic rings. The predicted octanol–water partition coefficient (Wildman–Crippen LogP) is -3.53. The highest BCUT2D eigenvalue weighted by Gasteiger charge is 2.22. The maximum absolute atomic E-state index is 11.5. The summed E-state index contributed by atoms with van der Waals surface area (Å²) in [5.74, 6) is -3.70. The summed E-state index contributed by atoms with van der Waals surface area (Å²) in [7, 11) is -10.6. The molecule has 0 aliphatic heterocycles. The smallest absolute Gasteiger partial charge is 0.397 e. The van der Waals surface area contributed by atoms with Crippen molar-refractivity contribution in [1.29, 1.82) is 0 Å². The minimum Gasteiger partial charge on any atom is -0.480 e. The summed E-state index contributed by atoms with van der Waals surface area (Å²) >= 11 is 3.87. The molecule has 2 unspecified atom stereocenters. The Morgan fingerprint density at radius 3 is 1.79 bits per heavy atom. The first-order valence-corrected chi connectivity index (χ1v) is 10.9. The molecule has 2 amide bonds. The molecular formula is C10H19N3O12S3. The van der Waals surface area contributed by atoms with Crippen LogP contribution in [0.5, 0.6) is 0 Å². The molecule has 15 nitrogen and oxygen atoms in total. The molecule has 0 aromatic heterocycles. The van der Waals surface area contributed by atoms with Crippen molar-refractivity contribution in [3.63, 3.8) is 0 Å². The van der Waals surface area contributed by atoms with Gasteiger partial charge in [-0.15, -0.1) is 0 Å². The molecule has 0 fully saturated rings. The zero-order valence-corrected chi connectivity index (χ0v) is 16.4. The number of hydrogen-bond acceptors (Lipinski definition) is 10. The van der Waals surface area contributed by atoms with Crippen molar-refractivity contribution in [3.8, 4) is 0 Å². The summed E-state index contributed by atoms with van der Waals surface area (Å²) in [4.78, 5) is 43.7. The Morgan fingerprint density at radius 2 is 1.46 bits per heavy atom. The maximum atomic E-state index is 11.5. The van der Waals surface area contributed by atoms with Crippen LogP contribution in [0.3, 0.4) is 0 Å². The Labute approximate surface area is 164 Å². The van der Waals surface area contributed by atoms with Gasteiger partial charge in [0.05, 0.1) is 0 Å². The van der Waals surface area contributed by atoms with Gasteiger partial charge in [-0.25, -0.2) is 0 Å². The number of hydrogen-bond donors (Lipinski definition) is 8. The minimum atomic E-state index is -5.31. The Hall–Kier alpha value is -1.99. The molecule has 0 aromatic carbocycles. The van der Waals surface area contributed by atoms with Crippen molar-refractivity contribution in [3.05, 3.63) is 0 Å². The molecule has 0 aliphatic carbocycles. The summed E-state index contributed by atoms with van der Waals surface area (Å²) in [6, 6.07) is -2.15. The van der Waals surface area contributed by atoms with Gasteiger partial charge in [0, 0.05) is 12.2 Å². The van der Waals surface area contributed by atoms with Crippen LogP contribution in [0.25, 0.3) is 0 Å². The fourth-order valence-corrected chi connectivity index (χ4v) is 1.41. The summed E-state index contributed by atoms with van der Waals surface area (Å²) in [6.45, 7) is -0.567. The lowest BCUT2D eigenvalue weighted by molar-refractivity contribution is -0.139. The molecule has 18 heteroatoms. The molecule has 0 radical (unpaired) electrons. The third-order valence-corrected chi connectivity index (χ3v) is 5.01. The molecule has 8 N–H and O–H groups in total. The van der Waals surface area contributed by atoms with Gasteiger partial charge in [0.15, 0.2) is 0 Å². The monoisotopic (exact) mass is 469 g/mol. The summed E-state index contributed by atoms with van der Waals surface area (Å²) in [5.41, 5.74) is 5.23. The van der Waals surface area contributed by atoms with Crippen molar-refractivity contribution < 1.29 is 55.3 Å². The third kappa shape index (κ3) is 13.2. The predicted molar refractivity (Wildman–Crippen MR) is 94.4 cm³/mol. The third-order valence-electron chi connectivity index (χ3n) is 2.51. The molecule has 0 heterocycles. The number of carbonyl (C=O) groups excluding carboxylic acids is 2. The van der Waals surface area contributed by atoms with Gasteiger partial charge in [-0.2, -0.15) is 29.5 Å². The van der Waals surface area contributed by atoms with E-state index in [0.29, 0.717) is 0 Å². The van der Waals surface area contributed by atoms with Crippen molar-refractivity contribution in [2.75, 3.05) is 12.3 Å². The molecule has 0 saturated carbocycles. The van der Waals surface area contributed by atoms with Crippen LogP contribution in [0.2, 0.25) is 0 Å². The van der Waals surface area contributed by atoms with E-state index in [1.165, 1.54) is 0 Å². The lowest BCUT2D eigenvalue weighted by Crippen LogP contribution is -2.49. The molecule has 0 rings (SSSR count). The average molecular weight is 469 g/mol. The van der Waals surface area contributed by atoms with E-state index in [9.17, 15) is 36.0 Å². The number of nitrogens with one attached hydrogen (secondary N) is 2. The average Bonchev–Trinajstić information content (AvgIpc) is 2.53. The fourth-order valence-electron chi connectivity index (χ4n) is 1.16. The van der Waals surface area contributed by atoms with Crippen LogP contribution in [-0.2, 0) is 37.5 Å². The van der Waals surface area contributed by atoms with Gasteiger partial charge >= 0.3 is 30.2 Å². The van der Waals surface area contributed by atoms with E-state index in [4.69, 9.17) is 25.1 Å². The molecule has 2 atom stereocenters. The van der Waals surface area contributed by atoms with E-state index in [1.54, 1.807) is 0 Å². The van der Waals surface area contributed by atoms with E-state index >= 15 is 0 Å². The van der Waals surface area contributed by atoms with Gasteiger partial charge in [0.2, 0.25) is 11.8 Å². The van der Waals surface area contributed by atoms with Crippen LogP contribution in [0.4, 0.5) is 0 Å². The molecule has 0 bridgehead atoms. The summed E-state index contributed by atoms with van der Waals surface area (Å²) in [5, 5.41) is 21.4. The summed E-state index contributed by atoms with van der Waals surface area (Å²) in [6.07, 6.45) is -0.235. The molecule has 0 spiro atoms. The van der Waals surface area contributed by atoms with E-state index in [2.05, 4.69) is 23.3 Å². The number of amides is 2. The first-order valence-electron chi connectivity index (χ1n) is 6.85. The van der Waals surface area contributed by atoms with E-state index in [0.717, 1.165) is 0 Å². The Kier molecular flexibility index (Phi) is 12.6. The van der Waals surface area contributed by atoms with Crippen LogP contribution in [0, 0.1) is 0 Å². The standard InChI is InChI=1S/C10H17N3O6S.H2O6S2/c11-5(10(18)19)1-2-7(14)13-6(4-20)9(17)12-3-8(15)16;1-7(2,3)8(4,5)6/h5-6,20H,1-4,11H2,(H,12,17)(H,13,14)(H,15,16)(H,18,19);(H,1,2,3)(H,4,5,6). The number of rotatable bonds is 10. The zero-order valence-electron chi connectivity index (χ0n) is 13.9. The van der Waals surface area contributed by atoms with Crippen LogP contribution in [0.15, 0.2) is 0 Å². The van der Waals surface area contributed by atoms with Crippen LogP contribution >= 0.6 is 12.6 Å². The number of carbonyl (C=O) groups is 4. The van der Waals surface area contributed by atoms with Gasteiger partial charge in [-0.1, -0.05) is 0 Å². The van der Waals surface area contributed by atoms with E-state index < -0.39 is 60.7 Å². The van der Waals surface area contributed by atoms with Crippen molar-refractivity contribution >= 4 is 54.7 Å². The van der Waals surface area contributed by atoms with Crippen LogP contribution in [-0.4, -0.2) is 84.3 Å². The van der Waals surface area contributed by atoms with Crippen LogP contribution < -0.4 is 16.4 Å². The lowest BCUT2D eigenvalue weighted by atomic mass is 10.1. The Balaban J connectivity index is 0. The Bertz CT molecular complexity index is 749. The number of carboxylic acids is 2. The Morgan fingerprint density at radius 1 is 1.00 bits per heavy atom. The van der Waals surface area contributed by atoms with Gasteiger partial charge in [-0.05, 0) is 6.42 Å². The van der Waals surface area contributed by atoms with Gasteiger partial charge < -0.3 is 26.6 Å². The maximum Gasteiger partial charge on any atom is 0.397 e. The quantitative estimate of drug-likeness (QED) is 0.0876. The molecule has 0 saturated heterocycles. The largest absolute Gasteiger partial charge is 0.480 e. The second-order valence-electron chi connectivity index (χ2n) is 4.75. The van der Waals surface area contributed by atoms with Crippen LogP contribution in [0.1, 0.15) is 12.8 Å². The van der Waals surface area contributed by atoms with Crippen molar-refractivity contribution in [1.82, 2.24) is 10.6 Å². The minimum absolute atomic E-state index is 0.0256. The first kappa shape index (κ1) is 28.2. The molecular weight excluding hydrogens is 450 g/mol. The van der Waals surface area contributed by atoms with E-state index in [-0.39, 0.29) is 18.6 Å². The highest BCUT2D eigenvalue weighted by Crippen LogP contribution is 1.97. The SMILES string of the molecule is NC(CCC(=O)NC(CS)C(=O)NCC(=O)O)C(=O)O.O=S(=O)(O)S(=O)(=O)O. The number of nitrogens with two attached hydrogens (primary N) is 1. The number of thiol groups is 1.